The van der Waals surface area contributed by atoms with Gasteiger partial charge < -0.3 is 4.74 Å². The smallest absolute Gasteiger partial charge is 0.119 e. The minimum atomic E-state index is 0.829. The predicted molar refractivity (Wildman–Crippen MR) is 107 cm³/mol. The maximum atomic E-state index is 5.82. The Labute approximate surface area is 152 Å². The highest BCUT2D eigenvalue weighted by Crippen LogP contribution is 2.22. The highest BCUT2D eigenvalue weighted by Gasteiger charge is 2.01. The maximum Gasteiger partial charge on any atom is 0.119 e. The van der Waals surface area contributed by atoms with E-state index >= 15 is 0 Å². The Kier molecular flexibility index (Phi) is 6.50. The molecule has 25 heavy (non-hydrogen) atoms. The number of hydrogen-bond acceptors (Lipinski definition) is 1. The van der Waals surface area contributed by atoms with Crippen molar-refractivity contribution in [2.24, 2.45) is 0 Å². The lowest BCUT2D eigenvalue weighted by Crippen LogP contribution is -1.97. The molecule has 1 heteroatoms. The minimum absolute atomic E-state index is 0.829. The van der Waals surface area contributed by atoms with Gasteiger partial charge in [0.15, 0.2) is 0 Å². The third-order valence-electron chi connectivity index (χ3n) is 4.73. The summed E-state index contributed by atoms with van der Waals surface area (Å²) in [5.74, 6) is 0.991. The van der Waals surface area contributed by atoms with E-state index < -0.39 is 0 Å². The summed E-state index contributed by atoms with van der Waals surface area (Å²) in [4.78, 5) is 0. The zero-order valence-electron chi connectivity index (χ0n) is 15.2. The van der Waals surface area contributed by atoms with Crippen LogP contribution in [0.1, 0.15) is 43.7 Å². The molecule has 0 radical (unpaired) electrons. The van der Waals surface area contributed by atoms with Gasteiger partial charge >= 0.3 is 0 Å². The molecule has 2 aliphatic rings. The van der Waals surface area contributed by atoms with Crippen LogP contribution in [0.2, 0.25) is 0 Å². The molecule has 0 bridgehead atoms. The third-order valence-corrected chi connectivity index (χ3v) is 4.73. The van der Waals surface area contributed by atoms with Crippen molar-refractivity contribution in [2.75, 3.05) is 6.61 Å². The second-order valence-corrected chi connectivity index (χ2v) is 6.73. The highest BCUT2D eigenvalue weighted by atomic mass is 16.5. The maximum absolute atomic E-state index is 5.82. The first kappa shape index (κ1) is 17.5. The fraction of sp³-hybridized carbons (Fsp3) is 0.333. The summed E-state index contributed by atoms with van der Waals surface area (Å²) in [5.41, 5.74) is 5.37. The molecule has 0 heterocycles. The van der Waals surface area contributed by atoms with Crippen LogP contribution < -0.4 is 4.74 Å². The lowest BCUT2D eigenvalue weighted by atomic mass is 10.1. The molecular formula is C24H28O. The van der Waals surface area contributed by atoms with Crippen molar-refractivity contribution in [1.82, 2.24) is 0 Å². The van der Waals surface area contributed by atoms with Crippen molar-refractivity contribution in [3.63, 3.8) is 0 Å². The Morgan fingerprint density at radius 2 is 1.24 bits per heavy atom. The van der Waals surface area contributed by atoms with Crippen LogP contribution in [0.5, 0.6) is 5.75 Å². The average molecular weight is 332 g/mol. The predicted octanol–water partition coefficient (Wildman–Crippen LogP) is 6.54. The SMILES string of the molecule is CCCCCCOc1ccc(CCc2ccc3cccc-3cc2)cc1. The summed E-state index contributed by atoms with van der Waals surface area (Å²) in [6, 6.07) is 24.0. The Hall–Kier alpha value is -2.28. The number of rotatable bonds is 9. The van der Waals surface area contributed by atoms with Crippen molar-refractivity contribution in [3.05, 3.63) is 77.9 Å². The van der Waals surface area contributed by atoms with Gasteiger partial charge in [0.1, 0.15) is 5.75 Å². The second kappa shape index (κ2) is 9.27. The average Bonchev–Trinajstić information content (AvgIpc) is 3.01. The fourth-order valence-electron chi connectivity index (χ4n) is 3.13. The number of ether oxygens (including phenoxy) is 1. The quantitative estimate of drug-likeness (QED) is 0.404. The molecule has 0 amide bonds. The number of fused-ring (bicyclic) bond motifs is 1. The Balaban J connectivity index is 1.48. The fourth-order valence-corrected chi connectivity index (χ4v) is 3.13. The second-order valence-electron chi connectivity index (χ2n) is 6.73. The van der Waals surface area contributed by atoms with Crippen molar-refractivity contribution in [3.8, 4) is 16.9 Å². The molecule has 1 aromatic carbocycles. The van der Waals surface area contributed by atoms with Gasteiger partial charge in [0.2, 0.25) is 0 Å². The first-order valence-electron chi connectivity index (χ1n) is 9.54. The van der Waals surface area contributed by atoms with Crippen LogP contribution in [0.3, 0.4) is 0 Å². The Morgan fingerprint density at radius 3 is 1.84 bits per heavy atom. The highest BCUT2D eigenvalue weighted by molar-refractivity contribution is 5.65. The van der Waals surface area contributed by atoms with Gasteiger partial charge in [0.05, 0.1) is 6.61 Å². The van der Waals surface area contributed by atoms with Crippen molar-refractivity contribution in [1.29, 1.82) is 0 Å². The molecule has 130 valence electrons. The molecule has 3 rings (SSSR count). The molecule has 0 aliphatic heterocycles. The van der Waals surface area contributed by atoms with Gasteiger partial charge in [0, 0.05) is 0 Å². The van der Waals surface area contributed by atoms with E-state index in [1.807, 2.05) is 0 Å². The summed E-state index contributed by atoms with van der Waals surface area (Å²) in [7, 11) is 0. The molecule has 0 saturated heterocycles. The summed E-state index contributed by atoms with van der Waals surface area (Å²) in [6.07, 6.45) is 7.11. The van der Waals surface area contributed by atoms with E-state index in [1.54, 1.807) is 0 Å². The molecule has 0 saturated carbocycles. The molecule has 0 N–H and O–H groups in total. The van der Waals surface area contributed by atoms with Crippen LogP contribution in [0.4, 0.5) is 0 Å². The molecule has 1 nitrogen and oxygen atoms in total. The van der Waals surface area contributed by atoms with E-state index in [4.69, 9.17) is 4.74 Å². The Morgan fingerprint density at radius 1 is 0.640 bits per heavy atom. The summed E-state index contributed by atoms with van der Waals surface area (Å²) >= 11 is 0. The van der Waals surface area contributed by atoms with E-state index in [-0.39, 0.29) is 0 Å². The van der Waals surface area contributed by atoms with E-state index in [0.717, 1.165) is 31.6 Å². The molecule has 1 aromatic rings. The standard InChI is InChI=1S/C24H28O/c1-2-3-4-5-19-25-24-17-13-21(14-18-24)10-9-20-11-15-22-7-6-8-23(22)16-12-20/h6-8,11-18H,2-5,9-10,19H2,1H3. The zero-order valence-corrected chi connectivity index (χ0v) is 15.2. The lowest BCUT2D eigenvalue weighted by molar-refractivity contribution is 0.305. The number of unbranched alkanes of at least 4 members (excludes halogenated alkanes) is 3. The first-order chi connectivity index (χ1) is 12.3. The normalized spacial score (nSPS) is 10.9. The van der Waals surface area contributed by atoms with Gasteiger partial charge in [-0.25, -0.2) is 0 Å². The van der Waals surface area contributed by atoms with Crippen LogP contribution in [-0.2, 0) is 12.8 Å². The van der Waals surface area contributed by atoms with Crippen molar-refractivity contribution in [2.45, 2.75) is 45.4 Å². The monoisotopic (exact) mass is 332 g/mol. The van der Waals surface area contributed by atoms with Gasteiger partial charge in [-0.3, -0.25) is 0 Å². The first-order valence-corrected chi connectivity index (χ1v) is 9.54. The van der Waals surface area contributed by atoms with E-state index in [1.165, 1.54) is 41.5 Å². The molecule has 0 fully saturated rings. The van der Waals surface area contributed by atoms with Crippen LogP contribution in [-0.4, -0.2) is 6.61 Å². The van der Waals surface area contributed by atoms with E-state index in [0.29, 0.717) is 0 Å². The zero-order chi connectivity index (χ0) is 17.3. The number of benzene rings is 1. The summed E-state index contributed by atoms with van der Waals surface area (Å²) in [5, 5.41) is 0. The van der Waals surface area contributed by atoms with E-state index in [9.17, 15) is 0 Å². The van der Waals surface area contributed by atoms with Gasteiger partial charge in [-0.2, -0.15) is 0 Å². The summed E-state index contributed by atoms with van der Waals surface area (Å²) < 4.78 is 5.82. The molecule has 0 spiro atoms. The Bertz CT molecular complexity index is 699. The van der Waals surface area contributed by atoms with Crippen LogP contribution in [0.25, 0.3) is 11.1 Å². The van der Waals surface area contributed by atoms with Gasteiger partial charge in [-0.1, -0.05) is 80.8 Å². The molecule has 0 unspecified atom stereocenters. The molecular weight excluding hydrogens is 304 g/mol. The number of hydrogen-bond donors (Lipinski definition) is 0. The van der Waals surface area contributed by atoms with Crippen molar-refractivity contribution < 1.29 is 4.74 Å². The molecule has 2 aliphatic carbocycles. The van der Waals surface area contributed by atoms with E-state index in [2.05, 4.69) is 73.7 Å². The van der Waals surface area contributed by atoms with Gasteiger partial charge in [0.25, 0.3) is 0 Å². The van der Waals surface area contributed by atoms with Crippen molar-refractivity contribution >= 4 is 0 Å². The minimum Gasteiger partial charge on any atom is -0.494 e. The van der Waals surface area contributed by atoms with Crippen LogP contribution in [0.15, 0.2) is 66.7 Å². The van der Waals surface area contributed by atoms with Gasteiger partial charge in [-0.15, -0.1) is 0 Å². The third kappa shape index (κ3) is 5.35. The number of aryl methyl sites for hydroxylation is 2. The largest absolute Gasteiger partial charge is 0.494 e. The van der Waals surface area contributed by atoms with Crippen LogP contribution in [0, 0.1) is 0 Å². The molecule has 0 aromatic heterocycles. The van der Waals surface area contributed by atoms with Crippen LogP contribution >= 0.6 is 0 Å². The summed E-state index contributed by atoms with van der Waals surface area (Å²) in [6.45, 7) is 3.06. The van der Waals surface area contributed by atoms with Gasteiger partial charge in [-0.05, 0) is 53.6 Å². The molecule has 0 atom stereocenters. The lowest BCUT2D eigenvalue weighted by Gasteiger charge is -2.07. The topological polar surface area (TPSA) is 9.23 Å².